The predicted octanol–water partition coefficient (Wildman–Crippen LogP) is 2.91. The SMILES string of the molecule is COc1ccc(C)cc1C(O)CN1CCCCC1C. The topological polar surface area (TPSA) is 32.7 Å². The second-order valence-corrected chi connectivity index (χ2v) is 5.60. The molecule has 0 radical (unpaired) electrons. The molecule has 106 valence electrons. The molecule has 1 heterocycles. The van der Waals surface area contributed by atoms with Gasteiger partial charge in [0.25, 0.3) is 0 Å². The molecule has 1 aliphatic heterocycles. The van der Waals surface area contributed by atoms with Crippen molar-refractivity contribution in [3.63, 3.8) is 0 Å². The maximum absolute atomic E-state index is 10.5. The first-order chi connectivity index (χ1) is 9.11. The first kappa shape index (κ1) is 14.4. The number of hydrogen-bond acceptors (Lipinski definition) is 3. The molecule has 2 atom stereocenters. The van der Waals surface area contributed by atoms with Gasteiger partial charge in [-0.15, -0.1) is 0 Å². The maximum atomic E-state index is 10.5. The predicted molar refractivity (Wildman–Crippen MR) is 77.6 cm³/mol. The van der Waals surface area contributed by atoms with Crippen LogP contribution in [0.1, 0.15) is 43.4 Å². The van der Waals surface area contributed by atoms with Gasteiger partial charge in [-0.2, -0.15) is 0 Å². The van der Waals surface area contributed by atoms with E-state index in [9.17, 15) is 5.11 Å². The van der Waals surface area contributed by atoms with Crippen LogP contribution in [-0.2, 0) is 0 Å². The lowest BCUT2D eigenvalue weighted by Gasteiger charge is -2.35. The van der Waals surface area contributed by atoms with Crippen LogP contribution < -0.4 is 4.74 Å². The summed E-state index contributed by atoms with van der Waals surface area (Å²) in [6.07, 6.45) is 3.30. The highest BCUT2D eigenvalue weighted by Crippen LogP contribution is 2.28. The van der Waals surface area contributed by atoms with Gasteiger partial charge in [0, 0.05) is 18.2 Å². The molecule has 1 aliphatic rings. The van der Waals surface area contributed by atoms with Crippen molar-refractivity contribution in [3.8, 4) is 5.75 Å². The second kappa shape index (κ2) is 6.40. The Bertz CT molecular complexity index is 419. The van der Waals surface area contributed by atoms with Crippen LogP contribution in [0.5, 0.6) is 5.75 Å². The van der Waals surface area contributed by atoms with Gasteiger partial charge in [-0.25, -0.2) is 0 Å². The van der Waals surface area contributed by atoms with Crippen molar-refractivity contribution in [1.29, 1.82) is 0 Å². The average Bonchev–Trinajstić information content (AvgIpc) is 2.41. The van der Waals surface area contributed by atoms with Gasteiger partial charge in [0.15, 0.2) is 0 Å². The number of piperidine rings is 1. The average molecular weight is 263 g/mol. The summed E-state index contributed by atoms with van der Waals surface area (Å²) in [4.78, 5) is 2.38. The van der Waals surface area contributed by atoms with E-state index in [0.29, 0.717) is 12.6 Å². The number of ether oxygens (including phenoxy) is 1. The van der Waals surface area contributed by atoms with Gasteiger partial charge >= 0.3 is 0 Å². The van der Waals surface area contributed by atoms with Crippen LogP contribution >= 0.6 is 0 Å². The third-order valence-corrected chi connectivity index (χ3v) is 4.09. The normalized spacial score (nSPS) is 22.2. The second-order valence-electron chi connectivity index (χ2n) is 5.60. The molecular formula is C16H25NO2. The Morgan fingerprint density at radius 1 is 1.42 bits per heavy atom. The van der Waals surface area contributed by atoms with E-state index in [1.54, 1.807) is 7.11 Å². The number of aliphatic hydroxyl groups is 1. The molecule has 1 aromatic carbocycles. The lowest BCUT2D eigenvalue weighted by atomic mass is 10.0. The van der Waals surface area contributed by atoms with E-state index in [2.05, 4.69) is 11.8 Å². The van der Waals surface area contributed by atoms with Crippen LogP contribution in [0.3, 0.4) is 0 Å². The molecule has 2 rings (SSSR count). The summed E-state index contributed by atoms with van der Waals surface area (Å²) >= 11 is 0. The van der Waals surface area contributed by atoms with Crippen LogP contribution in [0.15, 0.2) is 18.2 Å². The Balaban J connectivity index is 2.10. The maximum Gasteiger partial charge on any atom is 0.124 e. The molecule has 0 amide bonds. The van der Waals surface area contributed by atoms with Crippen LogP contribution in [0, 0.1) is 6.92 Å². The van der Waals surface area contributed by atoms with Crippen LogP contribution in [-0.4, -0.2) is 36.2 Å². The number of hydrogen-bond donors (Lipinski definition) is 1. The van der Waals surface area contributed by atoms with E-state index in [4.69, 9.17) is 4.74 Å². The quantitative estimate of drug-likeness (QED) is 0.906. The highest BCUT2D eigenvalue weighted by Gasteiger charge is 2.23. The first-order valence-electron chi connectivity index (χ1n) is 7.18. The Hall–Kier alpha value is -1.06. The number of nitrogens with zero attached hydrogens (tertiary/aromatic N) is 1. The van der Waals surface area contributed by atoms with E-state index in [-0.39, 0.29) is 0 Å². The molecule has 19 heavy (non-hydrogen) atoms. The molecular weight excluding hydrogens is 238 g/mol. The van der Waals surface area contributed by atoms with Gasteiger partial charge in [-0.1, -0.05) is 18.1 Å². The molecule has 3 heteroatoms. The fourth-order valence-corrected chi connectivity index (χ4v) is 2.86. The van der Waals surface area contributed by atoms with Crippen LogP contribution in [0.4, 0.5) is 0 Å². The molecule has 0 aromatic heterocycles. The van der Waals surface area contributed by atoms with Crippen molar-refractivity contribution < 1.29 is 9.84 Å². The standard InChI is InChI=1S/C16H25NO2/c1-12-7-8-16(19-3)14(10-12)15(18)11-17-9-5-4-6-13(17)2/h7-8,10,13,15,18H,4-6,9,11H2,1-3H3. The largest absolute Gasteiger partial charge is 0.496 e. The number of rotatable bonds is 4. The number of β-amino-alcohol motifs (C(OH)–C–C–N with tert-alkyl or cyclic N) is 1. The minimum atomic E-state index is -0.476. The van der Waals surface area contributed by atoms with E-state index in [1.165, 1.54) is 19.3 Å². The van der Waals surface area contributed by atoms with Crippen LogP contribution in [0.25, 0.3) is 0 Å². The Morgan fingerprint density at radius 2 is 2.21 bits per heavy atom. The van der Waals surface area contributed by atoms with E-state index in [1.807, 2.05) is 25.1 Å². The number of aryl methyl sites for hydroxylation is 1. The third kappa shape index (κ3) is 3.48. The van der Waals surface area contributed by atoms with Crippen molar-refractivity contribution in [1.82, 2.24) is 4.90 Å². The fraction of sp³-hybridized carbons (Fsp3) is 0.625. The Labute approximate surface area is 116 Å². The molecule has 0 aliphatic carbocycles. The summed E-state index contributed by atoms with van der Waals surface area (Å²) in [6.45, 7) is 6.08. The number of benzene rings is 1. The Kier molecular flexibility index (Phi) is 4.83. The first-order valence-corrected chi connectivity index (χ1v) is 7.18. The molecule has 0 bridgehead atoms. The van der Waals surface area contributed by atoms with E-state index >= 15 is 0 Å². The smallest absolute Gasteiger partial charge is 0.124 e. The number of likely N-dealkylation sites (tertiary alicyclic amines) is 1. The summed E-state index contributed by atoms with van der Waals surface area (Å²) in [5.74, 6) is 0.780. The van der Waals surface area contributed by atoms with Gasteiger partial charge in [0.2, 0.25) is 0 Å². The summed E-state index contributed by atoms with van der Waals surface area (Å²) in [7, 11) is 1.66. The highest BCUT2D eigenvalue weighted by atomic mass is 16.5. The number of aliphatic hydroxyl groups excluding tert-OH is 1. The van der Waals surface area contributed by atoms with Gasteiger partial charge in [0.1, 0.15) is 5.75 Å². The van der Waals surface area contributed by atoms with Gasteiger partial charge in [0.05, 0.1) is 13.2 Å². The van der Waals surface area contributed by atoms with Gasteiger partial charge < -0.3 is 9.84 Å². The summed E-state index contributed by atoms with van der Waals surface area (Å²) in [6, 6.07) is 6.55. The number of methoxy groups -OCH3 is 1. The molecule has 1 fully saturated rings. The van der Waals surface area contributed by atoms with Crippen LogP contribution in [0.2, 0.25) is 0 Å². The molecule has 3 nitrogen and oxygen atoms in total. The summed E-state index contributed by atoms with van der Waals surface area (Å²) in [5.41, 5.74) is 2.06. The van der Waals surface area contributed by atoms with Gasteiger partial charge in [-0.05, 0) is 45.4 Å². The minimum Gasteiger partial charge on any atom is -0.496 e. The minimum absolute atomic E-state index is 0.476. The third-order valence-electron chi connectivity index (χ3n) is 4.09. The molecule has 2 unspecified atom stereocenters. The summed E-state index contributed by atoms with van der Waals surface area (Å²) in [5, 5.41) is 10.5. The zero-order chi connectivity index (χ0) is 13.8. The molecule has 1 aromatic rings. The highest BCUT2D eigenvalue weighted by molar-refractivity contribution is 5.38. The van der Waals surface area contributed by atoms with Crippen molar-refractivity contribution in [2.45, 2.75) is 45.3 Å². The zero-order valence-electron chi connectivity index (χ0n) is 12.2. The zero-order valence-corrected chi connectivity index (χ0v) is 12.2. The molecule has 1 saturated heterocycles. The molecule has 0 saturated carbocycles. The molecule has 0 spiro atoms. The summed E-state index contributed by atoms with van der Waals surface area (Å²) < 4.78 is 5.36. The lowest BCUT2D eigenvalue weighted by molar-refractivity contribution is 0.0718. The van der Waals surface area contributed by atoms with Gasteiger partial charge in [-0.3, -0.25) is 4.90 Å². The van der Waals surface area contributed by atoms with E-state index in [0.717, 1.165) is 23.4 Å². The van der Waals surface area contributed by atoms with Crippen molar-refractivity contribution in [2.24, 2.45) is 0 Å². The van der Waals surface area contributed by atoms with E-state index < -0.39 is 6.10 Å². The fourth-order valence-electron chi connectivity index (χ4n) is 2.86. The van der Waals surface area contributed by atoms with Crippen molar-refractivity contribution >= 4 is 0 Å². The monoisotopic (exact) mass is 263 g/mol. The Morgan fingerprint density at radius 3 is 2.89 bits per heavy atom. The molecule has 1 N–H and O–H groups in total. The van der Waals surface area contributed by atoms with Crippen molar-refractivity contribution in [2.75, 3.05) is 20.2 Å². The lowest BCUT2D eigenvalue weighted by Crippen LogP contribution is -2.40. The van der Waals surface area contributed by atoms with Crippen molar-refractivity contribution in [3.05, 3.63) is 29.3 Å².